The molecule has 29 heavy (non-hydrogen) atoms. The Morgan fingerprint density at radius 1 is 1.21 bits per heavy atom. The van der Waals surface area contributed by atoms with Crippen molar-refractivity contribution in [2.24, 2.45) is 0 Å². The maximum absolute atomic E-state index is 12.8. The minimum Gasteiger partial charge on any atom is -0.550 e. The second-order valence-corrected chi connectivity index (χ2v) is 8.12. The largest absolute Gasteiger partial charge is 0.550 e. The second kappa shape index (κ2) is 8.18. The molecule has 4 aromatic heterocycles. The highest BCUT2D eigenvalue weighted by Crippen LogP contribution is 2.23. The van der Waals surface area contributed by atoms with Crippen molar-refractivity contribution in [3.63, 3.8) is 0 Å². The third-order valence-corrected chi connectivity index (χ3v) is 6.17. The first-order valence-corrected chi connectivity index (χ1v) is 10.7. The van der Waals surface area contributed by atoms with E-state index in [0.29, 0.717) is 32.5 Å². The van der Waals surface area contributed by atoms with Gasteiger partial charge in [0.05, 0.1) is 11.2 Å². The topological polar surface area (TPSA) is 109 Å². The summed E-state index contributed by atoms with van der Waals surface area (Å²) < 4.78 is 3.48. The highest BCUT2D eigenvalue weighted by Gasteiger charge is 2.13. The predicted octanol–water partition coefficient (Wildman–Crippen LogP) is 1.29. The molecule has 0 saturated heterocycles. The number of thioether (sulfide) groups is 1. The van der Waals surface area contributed by atoms with E-state index < -0.39 is 5.97 Å². The molecular formula is C19H15N4O4S2-. The lowest BCUT2D eigenvalue weighted by atomic mass is 10.3. The van der Waals surface area contributed by atoms with Gasteiger partial charge >= 0.3 is 0 Å². The third-order valence-electron chi connectivity index (χ3n) is 4.27. The van der Waals surface area contributed by atoms with E-state index in [4.69, 9.17) is 0 Å². The van der Waals surface area contributed by atoms with Gasteiger partial charge in [-0.15, -0.1) is 11.3 Å². The van der Waals surface area contributed by atoms with Gasteiger partial charge < -0.3 is 9.90 Å². The normalized spacial score (nSPS) is 11.3. The van der Waals surface area contributed by atoms with Gasteiger partial charge in [-0.25, -0.2) is 9.97 Å². The van der Waals surface area contributed by atoms with E-state index in [2.05, 4.69) is 9.97 Å². The molecule has 0 bridgehead atoms. The maximum Gasteiger partial charge on any atom is 0.272 e. The molecular weight excluding hydrogens is 412 g/mol. The lowest BCUT2D eigenvalue weighted by Gasteiger charge is -2.12. The summed E-state index contributed by atoms with van der Waals surface area (Å²) in [6.45, 7) is 0.226. The molecule has 0 radical (unpaired) electrons. The molecule has 0 unspecified atom stereocenters. The van der Waals surface area contributed by atoms with E-state index in [9.17, 15) is 19.5 Å². The quantitative estimate of drug-likeness (QED) is 0.323. The SMILES string of the molecule is O=C([O-])CCCn1c(SCc2cc(=O)n3ccccc3n2)nc2ccsc2c1=O. The van der Waals surface area contributed by atoms with Crippen LogP contribution in [-0.4, -0.2) is 24.9 Å². The van der Waals surface area contributed by atoms with Gasteiger partial charge in [0.15, 0.2) is 5.16 Å². The highest BCUT2D eigenvalue weighted by molar-refractivity contribution is 7.98. The minimum atomic E-state index is -1.15. The summed E-state index contributed by atoms with van der Waals surface area (Å²) in [5, 5.41) is 13.0. The molecule has 0 saturated carbocycles. The van der Waals surface area contributed by atoms with Gasteiger partial charge in [0.1, 0.15) is 10.3 Å². The molecule has 0 aliphatic heterocycles. The van der Waals surface area contributed by atoms with E-state index in [1.54, 1.807) is 35.8 Å². The number of carbonyl (C=O) groups excluding carboxylic acids is 1. The molecule has 0 amide bonds. The van der Waals surface area contributed by atoms with Crippen LogP contribution in [0.4, 0.5) is 0 Å². The average molecular weight is 427 g/mol. The van der Waals surface area contributed by atoms with E-state index in [1.165, 1.54) is 38.1 Å². The van der Waals surface area contributed by atoms with Gasteiger partial charge in [0.2, 0.25) is 0 Å². The van der Waals surface area contributed by atoms with Crippen LogP contribution in [-0.2, 0) is 17.1 Å². The Kier molecular flexibility index (Phi) is 5.45. The molecule has 0 aromatic carbocycles. The van der Waals surface area contributed by atoms with E-state index in [1.807, 2.05) is 0 Å². The maximum atomic E-state index is 12.8. The van der Waals surface area contributed by atoms with Crippen LogP contribution in [0.15, 0.2) is 56.7 Å². The van der Waals surface area contributed by atoms with Gasteiger partial charge in [-0.1, -0.05) is 17.8 Å². The average Bonchev–Trinajstić information content (AvgIpc) is 3.17. The molecule has 4 rings (SSSR count). The van der Waals surface area contributed by atoms with Crippen molar-refractivity contribution in [1.82, 2.24) is 18.9 Å². The Morgan fingerprint density at radius 2 is 2.07 bits per heavy atom. The van der Waals surface area contributed by atoms with Crippen LogP contribution in [0.1, 0.15) is 18.5 Å². The van der Waals surface area contributed by atoms with Crippen LogP contribution in [0.5, 0.6) is 0 Å². The Morgan fingerprint density at radius 3 is 2.90 bits per heavy atom. The number of nitrogens with zero attached hydrogens (tertiary/aromatic N) is 4. The summed E-state index contributed by atoms with van der Waals surface area (Å²) in [4.78, 5) is 44.8. The summed E-state index contributed by atoms with van der Waals surface area (Å²) in [6, 6.07) is 8.55. The molecule has 4 aromatic rings. The van der Waals surface area contributed by atoms with Crippen LogP contribution in [0.3, 0.4) is 0 Å². The lowest BCUT2D eigenvalue weighted by molar-refractivity contribution is -0.305. The number of carbonyl (C=O) groups is 1. The summed E-state index contributed by atoms with van der Waals surface area (Å²) in [5.41, 5.74) is 1.34. The lowest BCUT2D eigenvalue weighted by Crippen LogP contribution is -2.25. The Hall–Kier alpha value is -2.98. The third kappa shape index (κ3) is 4.08. The number of rotatable bonds is 7. The van der Waals surface area contributed by atoms with Crippen molar-refractivity contribution in [2.45, 2.75) is 30.3 Å². The van der Waals surface area contributed by atoms with E-state index >= 15 is 0 Å². The van der Waals surface area contributed by atoms with Crippen LogP contribution in [0.2, 0.25) is 0 Å². The first-order chi connectivity index (χ1) is 14.0. The molecule has 10 heteroatoms. The Bertz CT molecular complexity index is 1330. The number of aromatic nitrogens is 4. The fourth-order valence-corrected chi connectivity index (χ4v) is 4.62. The number of pyridine rings is 1. The number of thiophene rings is 1. The zero-order chi connectivity index (χ0) is 20.4. The van der Waals surface area contributed by atoms with Crippen molar-refractivity contribution in [3.05, 3.63) is 68.3 Å². The van der Waals surface area contributed by atoms with Crippen molar-refractivity contribution >= 4 is 44.9 Å². The van der Waals surface area contributed by atoms with E-state index in [0.717, 1.165) is 0 Å². The second-order valence-electron chi connectivity index (χ2n) is 6.26. The van der Waals surface area contributed by atoms with Gasteiger partial charge in [-0.2, -0.15) is 0 Å². The van der Waals surface area contributed by atoms with Crippen molar-refractivity contribution in [2.75, 3.05) is 0 Å². The summed E-state index contributed by atoms with van der Waals surface area (Å²) >= 11 is 2.60. The van der Waals surface area contributed by atoms with Crippen LogP contribution < -0.4 is 16.2 Å². The van der Waals surface area contributed by atoms with Crippen LogP contribution in [0, 0.1) is 0 Å². The van der Waals surface area contributed by atoms with Crippen LogP contribution in [0.25, 0.3) is 15.9 Å². The molecule has 0 spiro atoms. The Balaban J connectivity index is 1.65. The summed E-state index contributed by atoms with van der Waals surface area (Å²) in [5.74, 6) is -0.804. The molecule has 148 valence electrons. The number of fused-ring (bicyclic) bond motifs is 2. The molecule has 8 nitrogen and oxygen atoms in total. The van der Waals surface area contributed by atoms with Gasteiger partial charge in [0.25, 0.3) is 11.1 Å². The van der Waals surface area contributed by atoms with Crippen LogP contribution >= 0.6 is 23.1 Å². The Labute approximate surface area is 172 Å². The van der Waals surface area contributed by atoms with Crippen molar-refractivity contribution < 1.29 is 9.90 Å². The number of carboxylic acid groups (broad SMARTS) is 1. The number of hydrogen-bond donors (Lipinski definition) is 0. The highest BCUT2D eigenvalue weighted by atomic mass is 32.2. The van der Waals surface area contributed by atoms with Gasteiger partial charge in [-0.05, 0) is 36.4 Å². The first kappa shape index (κ1) is 19.3. The molecule has 0 N–H and O–H groups in total. The number of aliphatic carboxylic acids is 1. The van der Waals surface area contributed by atoms with Crippen molar-refractivity contribution in [3.8, 4) is 0 Å². The van der Waals surface area contributed by atoms with Gasteiger partial charge in [-0.3, -0.25) is 18.6 Å². The fraction of sp³-hybridized carbons (Fsp3) is 0.211. The standard InChI is InChI=1S/C19H16N4O4S2/c24-15-10-12(20-14-4-1-2-7-22(14)15)11-29-19-21-13-6-9-28-17(13)18(27)23(19)8-3-5-16(25)26/h1-2,4,6-7,9-10H,3,5,8,11H2,(H,25,26)/p-1. The number of carboxylic acids is 1. The zero-order valence-corrected chi connectivity index (χ0v) is 16.7. The fourth-order valence-electron chi connectivity index (χ4n) is 2.93. The molecule has 0 aliphatic rings. The zero-order valence-electron chi connectivity index (χ0n) is 15.1. The molecule has 4 heterocycles. The summed E-state index contributed by atoms with van der Waals surface area (Å²) in [6.07, 6.45) is 1.79. The predicted molar refractivity (Wildman–Crippen MR) is 109 cm³/mol. The van der Waals surface area contributed by atoms with Gasteiger partial charge in [0, 0.05) is 30.5 Å². The molecule has 0 atom stereocenters. The molecule has 0 fully saturated rings. The smallest absolute Gasteiger partial charge is 0.272 e. The minimum absolute atomic E-state index is 0.137. The number of hydrogen-bond acceptors (Lipinski definition) is 8. The van der Waals surface area contributed by atoms with Crippen molar-refractivity contribution in [1.29, 1.82) is 0 Å². The molecule has 0 aliphatic carbocycles. The summed E-state index contributed by atoms with van der Waals surface area (Å²) in [7, 11) is 0. The van der Waals surface area contributed by atoms with E-state index in [-0.39, 0.29) is 30.5 Å². The monoisotopic (exact) mass is 427 g/mol. The first-order valence-electron chi connectivity index (χ1n) is 8.81.